The maximum atomic E-state index is 12.2. The van der Waals surface area contributed by atoms with Crippen molar-refractivity contribution in [1.29, 1.82) is 0 Å². The minimum absolute atomic E-state index is 0.0217. The van der Waals surface area contributed by atoms with Crippen molar-refractivity contribution in [3.63, 3.8) is 0 Å². The highest BCUT2D eigenvalue weighted by molar-refractivity contribution is 5.96. The maximum Gasteiger partial charge on any atom is 0.305 e. The molecule has 7 heteroatoms. The molecule has 0 unspecified atom stereocenters. The monoisotopic (exact) mass is 304 g/mol. The fourth-order valence-corrected chi connectivity index (χ4v) is 2.22. The van der Waals surface area contributed by atoms with E-state index in [1.54, 1.807) is 23.1 Å². The Morgan fingerprint density at radius 3 is 2.64 bits per heavy atom. The summed E-state index contributed by atoms with van der Waals surface area (Å²) in [5.41, 5.74) is 1.45. The number of benzene rings is 1. The third-order valence-electron chi connectivity index (χ3n) is 3.47. The van der Waals surface area contributed by atoms with Crippen molar-refractivity contribution in [2.24, 2.45) is 0 Å². The van der Waals surface area contributed by atoms with Crippen molar-refractivity contribution in [1.82, 2.24) is 4.90 Å². The highest BCUT2D eigenvalue weighted by Crippen LogP contribution is 2.20. The van der Waals surface area contributed by atoms with Crippen molar-refractivity contribution in [3.05, 3.63) is 51.6 Å². The van der Waals surface area contributed by atoms with Crippen LogP contribution in [0.4, 0.5) is 5.69 Å². The largest absolute Gasteiger partial charge is 0.469 e. The van der Waals surface area contributed by atoms with E-state index >= 15 is 0 Å². The maximum absolute atomic E-state index is 12.2. The Balaban J connectivity index is 1.91. The zero-order valence-electron chi connectivity index (χ0n) is 12.2. The number of carbonyl (C=O) groups excluding carboxylic acids is 2. The van der Waals surface area contributed by atoms with Crippen LogP contribution in [-0.4, -0.2) is 35.4 Å². The average Bonchev–Trinajstić information content (AvgIpc) is 2.86. The molecule has 0 aliphatic carbocycles. The first kappa shape index (κ1) is 15.7. The van der Waals surface area contributed by atoms with E-state index in [0.29, 0.717) is 25.1 Å². The van der Waals surface area contributed by atoms with Gasteiger partial charge in [-0.2, -0.15) is 0 Å². The van der Waals surface area contributed by atoms with Gasteiger partial charge in [-0.15, -0.1) is 0 Å². The lowest BCUT2D eigenvalue weighted by Crippen LogP contribution is -2.26. The molecule has 1 aliphatic heterocycles. The van der Waals surface area contributed by atoms with Gasteiger partial charge in [-0.3, -0.25) is 19.7 Å². The molecule has 7 nitrogen and oxygen atoms in total. The number of esters is 1. The van der Waals surface area contributed by atoms with Gasteiger partial charge in [0.05, 0.1) is 12.0 Å². The summed E-state index contributed by atoms with van der Waals surface area (Å²) in [5, 5.41) is 10.6. The van der Waals surface area contributed by atoms with E-state index in [2.05, 4.69) is 4.74 Å². The topological polar surface area (TPSA) is 89.8 Å². The predicted octanol–water partition coefficient (Wildman–Crippen LogP) is 1.82. The van der Waals surface area contributed by atoms with Gasteiger partial charge in [0.25, 0.3) is 5.69 Å². The van der Waals surface area contributed by atoms with Gasteiger partial charge in [-0.25, -0.2) is 0 Å². The highest BCUT2D eigenvalue weighted by Gasteiger charge is 2.24. The lowest BCUT2D eigenvalue weighted by molar-refractivity contribution is -0.384. The molecular weight excluding hydrogens is 288 g/mol. The van der Waals surface area contributed by atoms with Crippen molar-refractivity contribution in [2.45, 2.75) is 19.4 Å². The normalized spacial score (nSPS) is 14.0. The molecule has 2 rings (SSSR count). The summed E-state index contributed by atoms with van der Waals surface area (Å²) in [6.07, 6.45) is 2.35. The van der Waals surface area contributed by atoms with Crippen LogP contribution in [0.2, 0.25) is 0 Å². The quantitative estimate of drug-likeness (QED) is 0.454. The SMILES string of the molecule is COC(=O)CCC1=CCN(Cc2ccc([N+](=O)[O-])cc2)C1=O. The molecule has 1 aromatic carbocycles. The van der Waals surface area contributed by atoms with Gasteiger partial charge in [-0.05, 0) is 12.0 Å². The third-order valence-corrected chi connectivity index (χ3v) is 3.47. The standard InChI is InChI=1S/C15H16N2O5/c1-22-14(18)7-4-12-8-9-16(15(12)19)10-11-2-5-13(6-3-11)17(20)21/h2-3,5-6,8H,4,7,9-10H2,1H3. The van der Waals surface area contributed by atoms with Crippen molar-refractivity contribution >= 4 is 17.6 Å². The van der Waals surface area contributed by atoms with Gasteiger partial charge in [0.1, 0.15) is 0 Å². The molecule has 0 atom stereocenters. The van der Waals surface area contributed by atoms with Gasteiger partial charge in [-0.1, -0.05) is 18.2 Å². The van der Waals surface area contributed by atoms with E-state index in [1.165, 1.54) is 19.2 Å². The number of non-ortho nitro benzene ring substituents is 1. The van der Waals surface area contributed by atoms with Crippen LogP contribution in [-0.2, 0) is 20.9 Å². The number of amides is 1. The molecule has 0 N–H and O–H groups in total. The molecule has 0 saturated heterocycles. The van der Waals surface area contributed by atoms with Crippen LogP contribution in [0.3, 0.4) is 0 Å². The zero-order chi connectivity index (χ0) is 16.1. The van der Waals surface area contributed by atoms with E-state index in [4.69, 9.17) is 0 Å². The Morgan fingerprint density at radius 2 is 2.05 bits per heavy atom. The van der Waals surface area contributed by atoms with E-state index in [0.717, 1.165) is 5.56 Å². The van der Waals surface area contributed by atoms with E-state index in [1.807, 2.05) is 0 Å². The molecule has 0 fully saturated rings. The van der Waals surface area contributed by atoms with Gasteiger partial charge < -0.3 is 9.64 Å². The van der Waals surface area contributed by atoms with Crippen LogP contribution in [0, 0.1) is 10.1 Å². The molecule has 1 heterocycles. The average molecular weight is 304 g/mol. The lowest BCUT2D eigenvalue weighted by atomic mass is 10.1. The van der Waals surface area contributed by atoms with E-state index < -0.39 is 4.92 Å². The number of rotatable bonds is 6. The van der Waals surface area contributed by atoms with Crippen molar-refractivity contribution in [2.75, 3.05) is 13.7 Å². The third kappa shape index (κ3) is 3.69. The summed E-state index contributed by atoms with van der Waals surface area (Å²) >= 11 is 0. The Morgan fingerprint density at radius 1 is 1.36 bits per heavy atom. The molecule has 0 saturated carbocycles. The summed E-state index contributed by atoms with van der Waals surface area (Å²) in [5.74, 6) is -0.454. The van der Waals surface area contributed by atoms with Crippen LogP contribution >= 0.6 is 0 Å². The van der Waals surface area contributed by atoms with Crippen LogP contribution < -0.4 is 0 Å². The minimum Gasteiger partial charge on any atom is -0.469 e. The predicted molar refractivity (Wildman–Crippen MR) is 77.8 cm³/mol. The number of hydrogen-bond acceptors (Lipinski definition) is 5. The van der Waals surface area contributed by atoms with Crippen LogP contribution in [0.1, 0.15) is 18.4 Å². The molecule has 22 heavy (non-hydrogen) atoms. The van der Waals surface area contributed by atoms with Gasteiger partial charge in [0.2, 0.25) is 5.91 Å². The van der Waals surface area contributed by atoms with Crippen LogP contribution in [0.25, 0.3) is 0 Å². The van der Waals surface area contributed by atoms with Gasteiger partial charge in [0.15, 0.2) is 0 Å². The Hall–Kier alpha value is -2.70. The number of carbonyl (C=O) groups is 2. The number of nitro benzene ring substituents is 1. The van der Waals surface area contributed by atoms with Gasteiger partial charge >= 0.3 is 5.97 Å². The minimum atomic E-state index is -0.461. The summed E-state index contributed by atoms with van der Waals surface area (Å²) < 4.78 is 4.55. The first-order valence-electron chi connectivity index (χ1n) is 6.79. The number of nitro groups is 1. The second kappa shape index (κ2) is 6.84. The Bertz CT molecular complexity index is 621. The van der Waals surface area contributed by atoms with Gasteiger partial charge in [0, 0.05) is 37.2 Å². The number of methoxy groups -OCH3 is 1. The molecule has 1 aromatic rings. The van der Waals surface area contributed by atoms with Crippen molar-refractivity contribution in [3.8, 4) is 0 Å². The Kier molecular flexibility index (Phi) is 4.88. The summed E-state index contributed by atoms with van der Waals surface area (Å²) in [4.78, 5) is 35.1. The molecule has 1 amide bonds. The summed E-state index contributed by atoms with van der Waals surface area (Å²) in [7, 11) is 1.31. The van der Waals surface area contributed by atoms with E-state index in [-0.39, 0.29) is 24.0 Å². The molecule has 1 aliphatic rings. The number of ether oxygens (including phenoxy) is 1. The molecule has 0 aromatic heterocycles. The Labute approximate surface area is 127 Å². The lowest BCUT2D eigenvalue weighted by Gasteiger charge is -2.16. The summed E-state index contributed by atoms with van der Waals surface area (Å²) in [6, 6.07) is 6.11. The van der Waals surface area contributed by atoms with Crippen LogP contribution in [0.5, 0.6) is 0 Å². The number of nitrogens with zero attached hydrogens (tertiary/aromatic N) is 2. The molecule has 0 spiro atoms. The highest BCUT2D eigenvalue weighted by atomic mass is 16.6. The van der Waals surface area contributed by atoms with Crippen LogP contribution in [0.15, 0.2) is 35.9 Å². The molecule has 0 radical (unpaired) electrons. The van der Waals surface area contributed by atoms with Crippen molar-refractivity contribution < 1.29 is 19.2 Å². The smallest absolute Gasteiger partial charge is 0.305 e. The van der Waals surface area contributed by atoms with E-state index in [9.17, 15) is 19.7 Å². The first-order valence-corrected chi connectivity index (χ1v) is 6.79. The second-order valence-corrected chi connectivity index (χ2v) is 4.91. The number of hydrogen-bond donors (Lipinski definition) is 0. The zero-order valence-corrected chi connectivity index (χ0v) is 12.2. The summed E-state index contributed by atoms with van der Waals surface area (Å²) in [6.45, 7) is 0.862. The fraction of sp³-hybridized carbons (Fsp3) is 0.333. The molecule has 116 valence electrons. The molecule has 0 bridgehead atoms. The molecular formula is C15H16N2O5. The first-order chi connectivity index (χ1) is 10.5. The fourth-order valence-electron chi connectivity index (χ4n) is 2.22. The second-order valence-electron chi connectivity index (χ2n) is 4.91.